The molecule has 0 saturated carbocycles. The summed E-state index contributed by atoms with van der Waals surface area (Å²) in [5, 5.41) is 18.5. The molecular formula is C8H4FN5O. The van der Waals surface area contributed by atoms with E-state index in [1.807, 2.05) is 6.07 Å². The molecule has 7 heteroatoms. The van der Waals surface area contributed by atoms with Gasteiger partial charge in [0.2, 0.25) is 0 Å². The molecule has 0 unspecified atom stereocenters. The zero-order valence-corrected chi connectivity index (χ0v) is 7.33. The molecule has 0 saturated heterocycles. The van der Waals surface area contributed by atoms with Gasteiger partial charge in [-0.25, -0.2) is 4.39 Å². The van der Waals surface area contributed by atoms with Crippen LogP contribution in [-0.4, -0.2) is 20.4 Å². The van der Waals surface area contributed by atoms with E-state index in [1.165, 1.54) is 18.5 Å². The van der Waals surface area contributed by atoms with Crippen molar-refractivity contribution in [3.05, 3.63) is 35.9 Å². The fraction of sp³-hybridized carbons (Fsp3) is 0. The normalized spacial score (nSPS) is 9.60. The Hall–Kier alpha value is -2.49. The molecule has 0 N–H and O–H groups in total. The smallest absolute Gasteiger partial charge is 0.193 e. The summed E-state index contributed by atoms with van der Waals surface area (Å²) in [6, 6.07) is 5.64. The summed E-state index contributed by atoms with van der Waals surface area (Å²) in [6.45, 7) is 0. The van der Waals surface area contributed by atoms with Gasteiger partial charge in [0.15, 0.2) is 17.9 Å². The second-order valence-electron chi connectivity index (χ2n) is 2.56. The molecule has 0 aliphatic rings. The second-order valence-corrected chi connectivity index (χ2v) is 2.56. The maximum absolute atomic E-state index is 13.3. The van der Waals surface area contributed by atoms with Gasteiger partial charge in [-0.2, -0.15) is 5.26 Å². The van der Waals surface area contributed by atoms with Crippen molar-refractivity contribution in [1.82, 2.24) is 20.4 Å². The number of aromatic nitrogens is 4. The van der Waals surface area contributed by atoms with Crippen molar-refractivity contribution in [2.75, 3.05) is 0 Å². The number of nitrogens with zero attached hydrogens (tertiary/aromatic N) is 5. The molecule has 1 heterocycles. The molecule has 0 radical (unpaired) electrons. The van der Waals surface area contributed by atoms with Gasteiger partial charge < -0.3 is 4.84 Å². The molecule has 2 aromatic rings. The Morgan fingerprint density at radius 1 is 1.47 bits per heavy atom. The standard InChI is InChI=1S/C8H4FN5O/c9-7-3-6(4-10)1-2-8(7)15-14-5-11-12-13-14/h1-3,5H. The van der Waals surface area contributed by atoms with Crippen LogP contribution in [0.1, 0.15) is 5.56 Å². The average molecular weight is 205 g/mol. The van der Waals surface area contributed by atoms with Gasteiger partial charge in [0.25, 0.3) is 0 Å². The minimum absolute atomic E-state index is 0.0544. The largest absolute Gasteiger partial charge is 0.352 e. The van der Waals surface area contributed by atoms with Crippen molar-refractivity contribution >= 4 is 0 Å². The number of nitriles is 1. The van der Waals surface area contributed by atoms with E-state index in [0.29, 0.717) is 0 Å². The number of rotatable bonds is 2. The lowest BCUT2D eigenvalue weighted by Crippen LogP contribution is -2.07. The Morgan fingerprint density at radius 3 is 2.93 bits per heavy atom. The summed E-state index contributed by atoms with van der Waals surface area (Å²) in [5.74, 6) is -0.703. The molecule has 1 aromatic heterocycles. The first-order valence-electron chi connectivity index (χ1n) is 3.90. The van der Waals surface area contributed by atoms with Crippen molar-refractivity contribution in [3.63, 3.8) is 0 Å². The van der Waals surface area contributed by atoms with Gasteiger partial charge in [0, 0.05) is 0 Å². The number of benzene rings is 1. The topological polar surface area (TPSA) is 76.6 Å². The highest BCUT2D eigenvalue weighted by Gasteiger charge is 2.06. The molecule has 0 aliphatic carbocycles. The molecule has 0 spiro atoms. The van der Waals surface area contributed by atoms with Crippen LogP contribution in [0.2, 0.25) is 0 Å². The van der Waals surface area contributed by atoms with E-state index in [-0.39, 0.29) is 11.3 Å². The number of halogens is 1. The first kappa shape index (κ1) is 9.08. The lowest BCUT2D eigenvalue weighted by molar-refractivity contribution is 0.164. The first-order chi connectivity index (χ1) is 7.29. The lowest BCUT2D eigenvalue weighted by Gasteiger charge is -2.03. The molecule has 1 aromatic carbocycles. The fourth-order valence-electron chi connectivity index (χ4n) is 0.940. The molecule has 0 bridgehead atoms. The minimum atomic E-state index is -0.649. The Bertz CT molecular complexity index is 504. The Kier molecular flexibility index (Phi) is 2.25. The van der Waals surface area contributed by atoms with Crippen molar-refractivity contribution in [1.29, 1.82) is 5.26 Å². The van der Waals surface area contributed by atoms with Crippen LogP contribution in [0.5, 0.6) is 5.75 Å². The van der Waals surface area contributed by atoms with Crippen LogP contribution in [0.4, 0.5) is 4.39 Å². The maximum Gasteiger partial charge on any atom is 0.193 e. The molecule has 2 rings (SSSR count). The van der Waals surface area contributed by atoms with Crippen LogP contribution < -0.4 is 4.84 Å². The van der Waals surface area contributed by atoms with Gasteiger partial charge in [-0.15, -0.1) is 5.10 Å². The van der Waals surface area contributed by atoms with Crippen molar-refractivity contribution < 1.29 is 9.23 Å². The third kappa shape index (κ3) is 1.88. The van der Waals surface area contributed by atoms with Gasteiger partial charge in [-0.05, 0) is 28.6 Å². The molecule has 0 atom stereocenters. The Labute approximate surface area is 83.5 Å². The SMILES string of the molecule is N#Cc1ccc(On2cnnn2)c(F)c1. The number of hydrogen-bond donors (Lipinski definition) is 0. The highest BCUT2D eigenvalue weighted by Crippen LogP contribution is 2.17. The van der Waals surface area contributed by atoms with Crippen molar-refractivity contribution in [2.45, 2.75) is 0 Å². The summed E-state index contributed by atoms with van der Waals surface area (Å²) >= 11 is 0. The summed E-state index contributed by atoms with van der Waals surface area (Å²) in [5.41, 5.74) is 0.219. The molecular weight excluding hydrogens is 201 g/mol. The van der Waals surface area contributed by atoms with Crippen LogP contribution in [0.3, 0.4) is 0 Å². The zero-order valence-electron chi connectivity index (χ0n) is 7.33. The summed E-state index contributed by atoms with van der Waals surface area (Å²) < 4.78 is 13.3. The van der Waals surface area contributed by atoms with Crippen molar-refractivity contribution in [3.8, 4) is 11.8 Å². The number of hydrogen-bond acceptors (Lipinski definition) is 5. The molecule has 6 nitrogen and oxygen atoms in total. The van der Waals surface area contributed by atoms with Gasteiger partial charge in [-0.1, -0.05) is 4.85 Å². The van der Waals surface area contributed by atoms with Crippen LogP contribution in [0.25, 0.3) is 0 Å². The Balaban J connectivity index is 2.27. The highest BCUT2D eigenvalue weighted by atomic mass is 19.1. The maximum atomic E-state index is 13.3. The number of tetrazole rings is 1. The summed E-state index contributed by atoms with van der Waals surface area (Å²) in [4.78, 5) is 5.85. The van der Waals surface area contributed by atoms with E-state index in [2.05, 4.69) is 15.5 Å². The lowest BCUT2D eigenvalue weighted by atomic mass is 10.2. The first-order valence-corrected chi connectivity index (χ1v) is 3.90. The van der Waals surface area contributed by atoms with Crippen LogP contribution >= 0.6 is 0 Å². The highest BCUT2D eigenvalue weighted by molar-refractivity contribution is 5.35. The van der Waals surface area contributed by atoms with Crippen LogP contribution in [0.15, 0.2) is 24.5 Å². The van der Waals surface area contributed by atoms with E-state index in [0.717, 1.165) is 10.9 Å². The van der Waals surface area contributed by atoms with Crippen molar-refractivity contribution in [2.24, 2.45) is 0 Å². The van der Waals surface area contributed by atoms with Gasteiger partial charge in [0.1, 0.15) is 0 Å². The second kappa shape index (κ2) is 3.71. The molecule has 74 valence electrons. The third-order valence-corrected chi connectivity index (χ3v) is 1.58. The Morgan fingerprint density at radius 2 is 2.33 bits per heavy atom. The van der Waals surface area contributed by atoms with Gasteiger partial charge in [-0.3, -0.25) is 0 Å². The minimum Gasteiger partial charge on any atom is -0.352 e. The summed E-state index contributed by atoms with van der Waals surface area (Å²) in [7, 11) is 0. The van der Waals surface area contributed by atoms with E-state index >= 15 is 0 Å². The monoisotopic (exact) mass is 205 g/mol. The average Bonchev–Trinajstić information content (AvgIpc) is 2.74. The van der Waals surface area contributed by atoms with Crippen LogP contribution in [0, 0.1) is 17.1 Å². The fourth-order valence-corrected chi connectivity index (χ4v) is 0.940. The third-order valence-electron chi connectivity index (χ3n) is 1.58. The van der Waals surface area contributed by atoms with E-state index in [9.17, 15) is 4.39 Å². The van der Waals surface area contributed by atoms with E-state index in [4.69, 9.17) is 10.1 Å². The van der Waals surface area contributed by atoms with Gasteiger partial charge in [0.05, 0.1) is 11.6 Å². The van der Waals surface area contributed by atoms with Crippen LogP contribution in [-0.2, 0) is 0 Å². The molecule has 15 heavy (non-hydrogen) atoms. The van der Waals surface area contributed by atoms with Gasteiger partial charge >= 0.3 is 0 Å². The predicted molar refractivity (Wildman–Crippen MR) is 45.0 cm³/mol. The molecule has 0 aliphatic heterocycles. The van der Waals surface area contributed by atoms with E-state index in [1.54, 1.807) is 0 Å². The predicted octanol–water partition coefficient (Wildman–Crippen LogP) is 0.526. The zero-order chi connectivity index (χ0) is 10.7. The molecule has 0 amide bonds. The molecule has 0 fully saturated rings. The van der Waals surface area contributed by atoms with E-state index < -0.39 is 5.82 Å². The summed E-state index contributed by atoms with van der Waals surface area (Å²) in [6.07, 6.45) is 1.18. The quantitative estimate of drug-likeness (QED) is 0.714.